The van der Waals surface area contributed by atoms with Gasteiger partial charge in [-0.05, 0) is 17.8 Å². The van der Waals surface area contributed by atoms with Crippen molar-refractivity contribution in [2.45, 2.75) is 41.0 Å². The number of carbonyl (C=O) groups excluding carboxylic acids is 1. The van der Waals surface area contributed by atoms with Crippen molar-refractivity contribution < 1.29 is 9.53 Å². The molecule has 0 rings (SSSR count). The van der Waals surface area contributed by atoms with Gasteiger partial charge in [0.05, 0.1) is 5.92 Å². The molecule has 0 amide bonds. The van der Waals surface area contributed by atoms with Gasteiger partial charge >= 0.3 is 5.97 Å². The largest absolute Gasteiger partial charge is 0.449 e. The molecule has 0 bridgehead atoms. The van der Waals surface area contributed by atoms with Crippen LogP contribution in [0.3, 0.4) is 0 Å². The van der Waals surface area contributed by atoms with E-state index in [0.29, 0.717) is 5.92 Å². The lowest BCUT2D eigenvalue weighted by atomic mass is 9.80. The third kappa shape index (κ3) is 5.48. The number of rotatable bonds is 4. The fraction of sp³-hybridized carbons (Fsp3) is 0.909. The summed E-state index contributed by atoms with van der Waals surface area (Å²) in [5.41, 5.74) is 0.139. The molecule has 0 saturated heterocycles. The zero-order valence-corrected chi connectivity index (χ0v) is 10.5. The minimum atomic E-state index is -0.176. The number of carbonyl (C=O) groups is 1. The molecule has 0 N–H and O–H groups in total. The van der Waals surface area contributed by atoms with Crippen LogP contribution < -0.4 is 0 Å². The Kier molecular flexibility index (Phi) is 5.50. The van der Waals surface area contributed by atoms with Gasteiger partial charge in [-0.25, -0.2) is 0 Å². The maximum absolute atomic E-state index is 11.6. The van der Waals surface area contributed by atoms with Crippen LogP contribution >= 0.6 is 11.6 Å². The molecule has 0 aromatic carbocycles. The maximum atomic E-state index is 11.6. The Morgan fingerprint density at radius 1 is 1.36 bits per heavy atom. The first kappa shape index (κ1) is 13.8. The van der Waals surface area contributed by atoms with E-state index in [9.17, 15) is 4.79 Å². The van der Waals surface area contributed by atoms with Crippen LogP contribution in [0, 0.1) is 17.3 Å². The number of ether oxygens (including phenoxy) is 1. The van der Waals surface area contributed by atoms with Gasteiger partial charge in [-0.3, -0.25) is 4.79 Å². The molecular weight excluding hydrogens is 200 g/mol. The van der Waals surface area contributed by atoms with Crippen LogP contribution in [0.2, 0.25) is 0 Å². The quantitative estimate of drug-likeness (QED) is 0.536. The van der Waals surface area contributed by atoms with Crippen molar-refractivity contribution in [2.75, 3.05) is 6.07 Å². The Morgan fingerprint density at radius 3 is 2.14 bits per heavy atom. The highest BCUT2D eigenvalue weighted by Gasteiger charge is 2.28. The monoisotopic (exact) mass is 220 g/mol. The summed E-state index contributed by atoms with van der Waals surface area (Å²) in [6.45, 7) is 10.4. The van der Waals surface area contributed by atoms with Crippen LogP contribution in [-0.4, -0.2) is 12.0 Å². The minimum Gasteiger partial charge on any atom is -0.449 e. The van der Waals surface area contributed by atoms with E-state index in [1.807, 2.05) is 13.8 Å². The molecule has 3 heteroatoms. The summed E-state index contributed by atoms with van der Waals surface area (Å²) in [7, 11) is 0. The molecule has 0 aliphatic carbocycles. The Hall–Kier alpha value is -0.240. The third-order valence-corrected chi connectivity index (χ3v) is 2.25. The molecule has 14 heavy (non-hydrogen) atoms. The van der Waals surface area contributed by atoms with Gasteiger partial charge in [-0.15, -0.1) is 0 Å². The molecule has 0 aromatic rings. The van der Waals surface area contributed by atoms with Crippen LogP contribution in [0.25, 0.3) is 0 Å². The van der Waals surface area contributed by atoms with E-state index >= 15 is 0 Å². The molecule has 1 unspecified atom stereocenters. The first-order valence-corrected chi connectivity index (χ1v) is 5.54. The van der Waals surface area contributed by atoms with Gasteiger partial charge < -0.3 is 4.74 Å². The second kappa shape index (κ2) is 5.59. The summed E-state index contributed by atoms with van der Waals surface area (Å²) in [5, 5.41) is 0. The van der Waals surface area contributed by atoms with Crippen LogP contribution in [0.4, 0.5) is 0 Å². The molecule has 0 radical (unpaired) electrons. The van der Waals surface area contributed by atoms with Crippen molar-refractivity contribution in [3.05, 3.63) is 0 Å². The van der Waals surface area contributed by atoms with Crippen molar-refractivity contribution in [1.82, 2.24) is 0 Å². The first-order chi connectivity index (χ1) is 6.28. The fourth-order valence-electron chi connectivity index (χ4n) is 1.41. The van der Waals surface area contributed by atoms with Gasteiger partial charge in [-0.2, -0.15) is 0 Å². The summed E-state index contributed by atoms with van der Waals surface area (Å²) in [6, 6.07) is -0.0494. The van der Waals surface area contributed by atoms with Gasteiger partial charge in [0.15, 0.2) is 6.07 Å². The van der Waals surface area contributed by atoms with E-state index in [1.54, 1.807) is 0 Å². The smallest absolute Gasteiger partial charge is 0.310 e. The Balaban J connectivity index is 4.37. The third-order valence-electron chi connectivity index (χ3n) is 2.14. The van der Waals surface area contributed by atoms with Crippen LogP contribution in [-0.2, 0) is 9.53 Å². The molecule has 1 atom stereocenters. The molecule has 0 aromatic heterocycles. The van der Waals surface area contributed by atoms with E-state index in [2.05, 4.69) is 20.8 Å². The maximum Gasteiger partial charge on any atom is 0.310 e. The molecule has 0 aliphatic rings. The van der Waals surface area contributed by atoms with E-state index < -0.39 is 0 Å². The van der Waals surface area contributed by atoms with E-state index in [4.69, 9.17) is 16.3 Å². The van der Waals surface area contributed by atoms with E-state index in [0.717, 1.165) is 6.42 Å². The highest BCUT2D eigenvalue weighted by molar-refractivity contribution is 6.17. The molecule has 0 fully saturated rings. The van der Waals surface area contributed by atoms with Gasteiger partial charge in [0.1, 0.15) is 0 Å². The lowest BCUT2D eigenvalue weighted by Gasteiger charge is -2.26. The Morgan fingerprint density at radius 2 is 1.86 bits per heavy atom. The molecule has 0 aliphatic heterocycles. The van der Waals surface area contributed by atoms with Crippen molar-refractivity contribution in [2.24, 2.45) is 17.3 Å². The SMILES string of the molecule is CC(C)C(CC(C)(C)C)C(=O)OCCl. The van der Waals surface area contributed by atoms with Gasteiger partial charge in [-0.1, -0.05) is 46.2 Å². The van der Waals surface area contributed by atoms with Crippen molar-refractivity contribution in [3.63, 3.8) is 0 Å². The highest BCUT2D eigenvalue weighted by atomic mass is 35.5. The predicted octanol–water partition coefficient (Wildman–Crippen LogP) is 3.43. The standard InChI is InChI=1S/C11H21ClO2/c1-8(2)9(6-11(3,4)5)10(13)14-7-12/h8-9H,6-7H2,1-5H3. The van der Waals surface area contributed by atoms with E-state index in [1.165, 1.54) is 0 Å². The molecule has 0 spiro atoms. The summed E-state index contributed by atoms with van der Waals surface area (Å²) in [4.78, 5) is 11.6. The second-order valence-corrected chi connectivity index (χ2v) is 5.41. The number of esters is 1. The van der Waals surface area contributed by atoms with Crippen molar-refractivity contribution in [1.29, 1.82) is 0 Å². The normalized spacial score (nSPS) is 14.2. The molecular formula is C11H21ClO2. The molecule has 0 saturated carbocycles. The lowest BCUT2D eigenvalue weighted by Crippen LogP contribution is -2.27. The van der Waals surface area contributed by atoms with Crippen LogP contribution in [0.5, 0.6) is 0 Å². The van der Waals surface area contributed by atoms with Crippen molar-refractivity contribution >= 4 is 17.6 Å². The van der Waals surface area contributed by atoms with E-state index in [-0.39, 0.29) is 23.4 Å². The van der Waals surface area contributed by atoms with Crippen LogP contribution in [0.15, 0.2) is 0 Å². The average molecular weight is 221 g/mol. The van der Waals surface area contributed by atoms with Crippen molar-refractivity contribution in [3.8, 4) is 0 Å². The topological polar surface area (TPSA) is 26.3 Å². The first-order valence-electron chi connectivity index (χ1n) is 5.00. The lowest BCUT2D eigenvalue weighted by molar-refractivity contribution is -0.149. The predicted molar refractivity (Wildman–Crippen MR) is 59.2 cm³/mol. The van der Waals surface area contributed by atoms with Crippen LogP contribution in [0.1, 0.15) is 41.0 Å². The molecule has 2 nitrogen and oxygen atoms in total. The fourth-order valence-corrected chi connectivity index (χ4v) is 1.52. The van der Waals surface area contributed by atoms with Gasteiger partial charge in [0.25, 0.3) is 0 Å². The Bertz CT molecular complexity index is 182. The number of halogens is 1. The molecule has 84 valence electrons. The second-order valence-electron chi connectivity index (χ2n) is 5.19. The van der Waals surface area contributed by atoms with Gasteiger partial charge in [0, 0.05) is 0 Å². The highest BCUT2D eigenvalue weighted by Crippen LogP contribution is 2.29. The summed E-state index contributed by atoms with van der Waals surface area (Å²) < 4.78 is 4.84. The summed E-state index contributed by atoms with van der Waals surface area (Å²) >= 11 is 5.37. The Labute approximate surface area is 92.0 Å². The average Bonchev–Trinajstić information content (AvgIpc) is 1.98. The molecule has 0 heterocycles. The number of hydrogen-bond acceptors (Lipinski definition) is 2. The number of alkyl halides is 1. The minimum absolute atomic E-state index is 0.0475. The number of hydrogen-bond donors (Lipinski definition) is 0. The summed E-state index contributed by atoms with van der Waals surface area (Å²) in [5.74, 6) is 0.0728. The zero-order valence-electron chi connectivity index (χ0n) is 9.76. The zero-order chi connectivity index (χ0) is 11.4. The summed E-state index contributed by atoms with van der Waals surface area (Å²) in [6.07, 6.45) is 0.834. The van der Waals surface area contributed by atoms with Gasteiger partial charge in [0.2, 0.25) is 0 Å².